The SMILES string of the molecule is COC(=O)CN(C)C(=O)C=Cc1cscn1. The Hall–Kier alpha value is -1.69. The molecule has 0 fully saturated rings. The lowest BCUT2D eigenvalue weighted by molar-refractivity contribution is -0.144. The van der Waals surface area contributed by atoms with E-state index in [-0.39, 0.29) is 12.5 Å². The Kier molecular flexibility index (Phi) is 4.65. The van der Waals surface area contributed by atoms with Gasteiger partial charge in [0.1, 0.15) is 6.54 Å². The second kappa shape index (κ2) is 6.02. The van der Waals surface area contributed by atoms with Gasteiger partial charge in [0, 0.05) is 18.5 Å². The number of esters is 1. The average molecular weight is 240 g/mol. The molecule has 0 aliphatic carbocycles. The van der Waals surface area contributed by atoms with Crippen molar-refractivity contribution in [1.29, 1.82) is 0 Å². The summed E-state index contributed by atoms with van der Waals surface area (Å²) in [5.74, 6) is -0.712. The molecular weight excluding hydrogens is 228 g/mol. The molecule has 0 unspecified atom stereocenters. The van der Waals surface area contributed by atoms with Crippen LogP contribution < -0.4 is 0 Å². The number of hydrogen-bond donors (Lipinski definition) is 0. The van der Waals surface area contributed by atoms with Crippen LogP contribution in [0.1, 0.15) is 5.69 Å². The number of carbonyl (C=O) groups excluding carboxylic acids is 2. The Morgan fingerprint density at radius 2 is 2.38 bits per heavy atom. The van der Waals surface area contributed by atoms with E-state index in [0.29, 0.717) is 0 Å². The lowest BCUT2D eigenvalue weighted by Crippen LogP contribution is -2.31. The second-order valence-electron chi connectivity index (χ2n) is 3.02. The van der Waals surface area contributed by atoms with Gasteiger partial charge in [-0.1, -0.05) is 0 Å². The van der Waals surface area contributed by atoms with Crippen LogP contribution in [0.15, 0.2) is 17.0 Å². The van der Waals surface area contributed by atoms with Gasteiger partial charge in [0.05, 0.1) is 18.3 Å². The quantitative estimate of drug-likeness (QED) is 0.576. The largest absolute Gasteiger partial charge is 0.468 e. The van der Waals surface area contributed by atoms with Crippen molar-refractivity contribution in [2.75, 3.05) is 20.7 Å². The molecule has 1 rings (SSSR count). The average Bonchev–Trinajstić information content (AvgIpc) is 2.78. The van der Waals surface area contributed by atoms with Crippen LogP contribution in [0.2, 0.25) is 0 Å². The standard InChI is InChI=1S/C10H12N2O3S/c1-12(5-10(14)15-2)9(13)4-3-8-6-16-7-11-8/h3-4,6-7H,5H2,1-2H3. The molecule has 86 valence electrons. The Morgan fingerprint density at radius 3 is 2.94 bits per heavy atom. The van der Waals surface area contributed by atoms with Crippen LogP contribution in [-0.4, -0.2) is 42.5 Å². The van der Waals surface area contributed by atoms with Gasteiger partial charge in [-0.15, -0.1) is 11.3 Å². The number of methoxy groups -OCH3 is 1. The molecule has 0 aliphatic rings. The fraction of sp³-hybridized carbons (Fsp3) is 0.300. The van der Waals surface area contributed by atoms with Crippen LogP contribution in [0, 0.1) is 0 Å². The van der Waals surface area contributed by atoms with E-state index < -0.39 is 5.97 Å². The lowest BCUT2D eigenvalue weighted by Gasteiger charge is -2.12. The normalized spacial score (nSPS) is 10.4. The molecule has 0 bridgehead atoms. The molecule has 0 N–H and O–H groups in total. The summed E-state index contributed by atoms with van der Waals surface area (Å²) in [4.78, 5) is 27.7. The molecule has 0 aromatic carbocycles. The van der Waals surface area contributed by atoms with Crippen LogP contribution in [0.4, 0.5) is 0 Å². The van der Waals surface area contributed by atoms with Crippen molar-refractivity contribution in [2.24, 2.45) is 0 Å². The monoisotopic (exact) mass is 240 g/mol. The van der Waals surface area contributed by atoms with E-state index >= 15 is 0 Å². The third-order valence-corrected chi connectivity index (χ3v) is 2.42. The van der Waals surface area contributed by atoms with E-state index in [9.17, 15) is 9.59 Å². The Bertz CT molecular complexity index is 387. The first-order valence-corrected chi connectivity index (χ1v) is 5.46. The topological polar surface area (TPSA) is 59.5 Å². The molecule has 0 spiro atoms. The Labute approximate surface area is 97.4 Å². The highest BCUT2D eigenvalue weighted by Crippen LogP contribution is 2.03. The third-order valence-electron chi connectivity index (χ3n) is 1.82. The maximum Gasteiger partial charge on any atom is 0.325 e. The first-order valence-electron chi connectivity index (χ1n) is 4.51. The third kappa shape index (κ3) is 3.82. The van der Waals surface area contributed by atoms with E-state index in [1.54, 1.807) is 11.6 Å². The number of nitrogens with zero attached hydrogens (tertiary/aromatic N) is 2. The molecule has 0 saturated carbocycles. The first-order chi connectivity index (χ1) is 7.63. The van der Waals surface area contributed by atoms with E-state index in [0.717, 1.165) is 5.69 Å². The predicted molar refractivity (Wildman–Crippen MR) is 60.8 cm³/mol. The molecule has 1 amide bonds. The molecule has 1 heterocycles. The van der Waals surface area contributed by atoms with Crippen molar-refractivity contribution in [3.05, 3.63) is 22.7 Å². The molecule has 1 aromatic rings. The van der Waals surface area contributed by atoms with Gasteiger partial charge in [0.25, 0.3) is 0 Å². The van der Waals surface area contributed by atoms with Gasteiger partial charge in [0.15, 0.2) is 0 Å². The lowest BCUT2D eigenvalue weighted by atomic mass is 10.4. The number of carbonyl (C=O) groups is 2. The minimum Gasteiger partial charge on any atom is -0.468 e. The van der Waals surface area contributed by atoms with Crippen molar-refractivity contribution >= 4 is 29.3 Å². The van der Waals surface area contributed by atoms with Gasteiger partial charge in [-0.05, 0) is 6.08 Å². The molecule has 16 heavy (non-hydrogen) atoms. The summed E-state index contributed by atoms with van der Waals surface area (Å²) in [7, 11) is 2.82. The molecule has 0 radical (unpaired) electrons. The smallest absolute Gasteiger partial charge is 0.325 e. The zero-order valence-electron chi connectivity index (χ0n) is 9.04. The second-order valence-corrected chi connectivity index (χ2v) is 3.74. The van der Waals surface area contributed by atoms with Crippen molar-refractivity contribution in [3.63, 3.8) is 0 Å². The number of thiazole rings is 1. The summed E-state index contributed by atoms with van der Waals surface area (Å²) < 4.78 is 4.45. The van der Waals surface area contributed by atoms with E-state index in [1.165, 1.54) is 36.5 Å². The Morgan fingerprint density at radius 1 is 1.62 bits per heavy atom. The summed E-state index contributed by atoms with van der Waals surface area (Å²) in [6.45, 7) is -0.0588. The molecule has 1 aromatic heterocycles. The zero-order chi connectivity index (χ0) is 12.0. The summed E-state index contributed by atoms with van der Waals surface area (Å²) >= 11 is 1.45. The highest BCUT2D eigenvalue weighted by Gasteiger charge is 2.09. The van der Waals surface area contributed by atoms with Crippen LogP contribution in [0.25, 0.3) is 6.08 Å². The Balaban J connectivity index is 2.49. The maximum absolute atomic E-state index is 11.5. The van der Waals surface area contributed by atoms with Gasteiger partial charge in [0.2, 0.25) is 5.91 Å². The van der Waals surface area contributed by atoms with E-state index in [2.05, 4.69) is 9.72 Å². The highest BCUT2D eigenvalue weighted by atomic mass is 32.1. The summed E-state index contributed by atoms with van der Waals surface area (Å²) in [5.41, 5.74) is 2.41. The summed E-state index contributed by atoms with van der Waals surface area (Å²) in [6.07, 6.45) is 2.98. The van der Waals surface area contributed by atoms with Crippen LogP contribution in [-0.2, 0) is 14.3 Å². The molecular formula is C10H12N2O3S. The molecule has 0 atom stereocenters. The highest BCUT2D eigenvalue weighted by molar-refractivity contribution is 7.07. The number of ether oxygens (including phenoxy) is 1. The minimum atomic E-state index is -0.446. The van der Waals surface area contributed by atoms with Gasteiger partial charge >= 0.3 is 5.97 Å². The number of likely N-dealkylation sites (N-methyl/N-ethyl adjacent to an activating group) is 1. The van der Waals surface area contributed by atoms with Crippen LogP contribution in [0.3, 0.4) is 0 Å². The zero-order valence-corrected chi connectivity index (χ0v) is 9.86. The van der Waals surface area contributed by atoms with Gasteiger partial charge in [-0.3, -0.25) is 9.59 Å². The summed E-state index contributed by atoms with van der Waals surface area (Å²) in [5, 5.41) is 1.82. The molecule has 0 saturated heterocycles. The number of aromatic nitrogens is 1. The number of hydrogen-bond acceptors (Lipinski definition) is 5. The van der Waals surface area contributed by atoms with Crippen molar-refractivity contribution in [3.8, 4) is 0 Å². The number of rotatable bonds is 4. The number of amides is 1. The van der Waals surface area contributed by atoms with Gasteiger partial charge in [-0.2, -0.15) is 0 Å². The molecule has 6 heteroatoms. The predicted octanol–water partition coefficient (Wildman–Crippen LogP) is 0.788. The van der Waals surface area contributed by atoms with Gasteiger partial charge < -0.3 is 9.64 Å². The minimum absolute atomic E-state index is 0.0588. The maximum atomic E-state index is 11.5. The van der Waals surface area contributed by atoms with Crippen LogP contribution in [0.5, 0.6) is 0 Å². The van der Waals surface area contributed by atoms with Gasteiger partial charge in [-0.25, -0.2) is 4.98 Å². The first kappa shape index (κ1) is 12.4. The van der Waals surface area contributed by atoms with Crippen molar-refractivity contribution in [2.45, 2.75) is 0 Å². The molecule has 0 aliphatic heterocycles. The molecule has 5 nitrogen and oxygen atoms in total. The van der Waals surface area contributed by atoms with Crippen LogP contribution >= 0.6 is 11.3 Å². The fourth-order valence-electron chi connectivity index (χ4n) is 0.924. The fourth-order valence-corrected chi connectivity index (χ4v) is 1.45. The van der Waals surface area contributed by atoms with E-state index in [4.69, 9.17) is 0 Å². The van der Waals surface area contributed by atoms with Crippen molar-refractivity contribution < 1.29 is 14.3 Å². The summed E-state index contributed by atoms with van der Waals surface area (Å²) in [6, 6.07) is 0. The van der Waals surface area contributed by atoms with Crippen molar-refractivity contribution in [1.82, 2.24) is 9.88 Å². The van der Waals surface area contributed by atoms with E-state index in [1.807, 2.05) is 5.38 Å².